The average Bonchev–Trinajstić information content (AvgIpc) is 2.61. The molecular weight excluding hydrogens is 340 g/mol. The van der Waals surface area contributed by atoms with Gasteiger partial charge in [-0.25, -0.2) is 8.78 Å². The van der Waals surface area contributed by atoms with E-state index in [1.54, 1.807) is 6.07 Å². The van der Waals surface area contributed by atoms with Crippen LogP contribution in [-0.4, -0.2) is 16.8 Å². The Morgan fingerprint density at radius 1 is 1.04 bits per heavy atom. The van der Waals surface area contributed by atoms with Crippen LogP contribution >= 0.6 is 0 Å². The lowest BCUT2D eigenvalue weighted by molar-refractivity contribution is -0.136. The molecule has 0 aliphatic rings. The van der Waals surface area contributed by atoms with E-state index >= 15 is 0 Å². The van der Waals surface area contributed by atoms with Crippen LogP contribution in [0.3, 0.4) is 0 Å². The molecular formula is C19H15F2N3O2. The predicted molar refractivity (Wildman–Crippen MR) is 93.3 cm³/mol. The Hall–Kier alpha value is -3.35. The average molecular weight is 355 g/mol. The van der Waals surface area contributed by atoms with Crippen molar-refractivity contribution in [2.24, 2.45) is 0 Å². The third-order valence-corrected chi connectivity index (χ3v) is 3.83. The first-order valence-electron chi connectivity index (χ1n) is 7.85. The second kappa shape index (κ2) is 7.26. The number of carbonyl (C=O) groups is 2. The number of nitrogens with zero attached hydrogens (tertiary/aromatic N) is 1. The van der Waals surface area contributed by atoms with E-state index in [1.165, 1.54) is 19.2 Å². The zero-order valence-corrected chi connectivity index (χ0v) is 13.8. The van der Waals surface area contributed by atoms with Crippen LogP contribution in [-0.2, 0) is 9.59 Å². The first kappa shape index (κ1) is 17.5. The molecule has 1 heterocycles. The van der Waals surface area contributed by atoms with Crippen molar-refractivity contribution in [1.82, 2.24) is 10.3 Å². The molecule has 0 saturated carbocycles. The predicted octanol–water partition coefficient (Wildman–Crippen LogP) is 3.33. The Kier molecular flexibility index (Phi) is 4.88. The zero-order valence-electron chi connectivity index (χ0n) is 13.8. The summed E-state index contributed by atoms with van der Waals surface area (Å²) in [6.45, 7) is 1.50. The topological polar surface area (TPSA) is 71.1 Å². The van der Waals surface area contributed by atoms with Gasteiger partial charge in [0.05, 0.1) is 23.4 Å². The zero-order chi connectivity index (χ0) is 18.7. The molecule has 3 rings (SSSR count). The molecule has 2 aromatic carbocycles. The second-order valence-corrected chi connectivity index (χ2v) is 5.73. The maximum absolute atomic E-state index is 13.7. The van der Waals surface area contributed by atoms with Crippen molar-refractivity contribution in [2.75, 3.05) is 5.32 Å². The smallest absolute Gasteiger partial charge is 0.313 e. The molecule has 0 bridgehead atoms. The van der Waals surface area contributed by atoms with Crippen LogP contribution in [0, 0.1) is 11.6 Å². The number of para-hydroxylation sites is 1. The van der Waals surface area contributed by atoms with Crippen molar-refractivity contribution in [3.63, 3.8) is 0 Å². The van der Waals surface area contributed by atoms with E-state index in [0.717, 1.165) is 23.0 Å². The van der Waals surface area contributed by atoms with Crippen molar-refractivity contribution in [3.8, 4) is 0 Å². The maximum Gasteiger partial charge on any atom is 0.313 e. The van der Waals surface area contributed by atoms with E-state index in [0.29, 0.717) is 5.69 Å². The molecule has 0 aliphatic carbocycles. The van der Waals surface area contributed by atoms with Gasteiger partial charge in [-0.3, -0.25) is 14.6 Å². The number of anilines is 1. The van der Waals surface area contributed by atoms with Crippen LogP contribution in [0.2, 0.25) is 0 Å². The first-order valence-corrected chi connectivity index (χ1v) is 7.85. The second-order valence-electron chi connectivity index (χ2n) is 5.73. The first-order chi connectivity index (χ1) is 12.4. The molecule has 0 fully saturated rings. The molecule has 3 aromatic rings. The van der Waals surface area contributed by atoms with Crippen LogP contribution in [0.15, 0.2) is 54.7 Å². The van der Waals surface area contributed by atoms with Crippen molar-refractivity contribution in [2.45, 2.75) is 13.0 Å². The number of rotatable bonds is 3. The van der Waals surface area contributed by atoms with Gasteiger partial charge < -0.3 is 10.6 Å². The molecule has 1 aromatic heterocycles. The molecule has 5 nitrogen and oxygen atoms in total. The molecule has 0 saturated heterocycles. The summed E-state index contributed by atoms with van der Waals surface area (Å²) in [6.07, 6.45) is 1.44. The van der Waals surface area contributed by atoms with Crippen molar-refractivity contribution in [3.05, 3.63) is 71.9 Å². The fraction of sp³-hybridized carbons (Fsp3) is 0.105. The SMILES string of the molecule is C[C@H](NC(=O)C(=O)Nc1cnc2ccccc2c1)c1ccc(F)cc1F. The van der Waals surface area contributed by atoms with Gasteiger partial charge in [0, 0.05) is 17.0 Å². The lowest BCUT2D eigenvalue weighted by Crippen LogP contribution is -2.37. The number of hydrogen-bond acceptors (Lipinski definition) is 3. The van der Waals surface area contributed by atoms with Gasteiger partial charge in [-0.2, -0.15) is 0 Å². The van der Waals surface area contributed by atoms with Crippen LogP contribution in [0.4, 0.5) is 14.5 Å². The molecule has 0 unspecified atom stereocenters. The number of pyridine rings is 1. The van der Waals surface area contributed by atoms with Crippen molar-refractivity contribution >= 4 is 28.4 Å². The van der Waals surface area contributed by atoms with Crippen LogP contribution in [0.5, 0.6) is 0 Å². The standard InChI is InChI=1S/C19H15F2N3O2/c1-11(15-7-6-13(20)9-16(15)21)23-18(25)19(26)24-14-8-12-4-2-3-5-17(12)22-10-14/h2-11H,1H3,(H,23,25)(H,24,26)/t11-/m0/s1. The maximum atomic E-state index is 13.7. The summed E-state index contributed by atoms with van der Waals surface area (Å²) < 4.78 is 26.7. The van der Waals surface area contributed by atoms with E-state index in [-0.39, 0.29) is 5.56 Å². The molecule has 0 aliphatic heterocycles. The van der Waals surface area contributed by atoms with Crippen molar-refractivity contribution < 1.29 is 18.4 Å². The number of benzene rings is 2. The van der Waals surface area contributed by atoms with Crippen molar-refractivity contribution in [1.29, 1.82) is 0 Å². The summed E-state index contributed by atoms with van der Waals surface area (Å²) in [5, 5.41) is 5.64. The Morgan fingerprint density at radius 3 is 2.58 bits per heavy atom. The quantitative estimate of drug-likeness (QED) is 0.708. The monoisotopic (exact) mass is 355 g/mol. The molecule has 0 spiro atoms. The van der Waals surface area contributed by atoms with Gasteiger partial charge in [0.15, 0.2) is 0 Å². The summed E-state index contributed by atoms with van der Waals surface area (Å²) in [4.78, 5) is 28.3. The van der Waals surface area contributed by atoms with E-state index < -0.39 is 29.5 Å². The Bertz CT molecular complexity index is 991. The molecule has 132 valence electrons. The van der Waals surface area contributed by atoms with Crippen LogP contribution < -0.4 is 10.6 Å². The van der Waals surface area contributed by atoms with Gasteiger partial charge >= 0.3 is 11.8 Å². The minimum Gasteiger partial charge on any atom is -0.341 e. The Balaban J connectivity index is 1.67. The third-order valence-electron chi connectivity index (χ3n) is 3.83. The van der Waals surface area contributed by atoms with E-state index in [2.05, 4.69) is 15.6 Å². The summed E-state index contributed by atoms with van der Waals surface area (Å²) in [5.74, 6) is -3.35. The highest BCUT2D eigenvalue weighted by molar-refractivity contribution is 6.39. The highest BCUT2D eigenvalue weighted by Crippen LogP contribution is 2.18. The van der Waals surface area contributed by atoms with Gasteiger partial charge in [-0.05, 0) is 25.1 Å². The largest absolute Gasteiger partial charge is 0.341 e. The molecule has 0 radical (unpaired) electrons. The molecule has 1 atom stereocenters. The van der Waals surface area contributed by atoms with Gasteiger partial charge in [-0.1, -0.05) is 24.3 Å². The highest BCUT2D eigenvalue weighted by Gasteiger charge is 2.19. The minimum atomic E-state index is -0.936. The van der Waals surface area contributed by atoms with Gasteiger partial charge in [0.2, 0.25) is 0 Å². The van der Waals surface area contributed by atoms with Gasteiger partial charge in [0.25, 0.3) is 0 Å². The lowest BCUT2D eigenvalue weighted by Gasteiger charge is -2.15. The Morgan fingerprint density at radius 2 is 1.81 bits per heavy atom. The van der Waals surface area contributed by atoms with E-state index in [9.17, 15) is 18.4 Å². The fourth-order valence-electron chi connectivity index (χ4n) is 2.52. The Labute approximate surface area is 148 Å². The fourth-order valence-corrected chi connectivity index (χ4v) is 2.52. The minimum absolute atomic E-state index is 0.0833. The third kappa shape index (κ3) is 3.83. The summed E-state index contributed by atoms with van der Waals surface area (Å²) in [6, 6.07) is 11.3. The normalized spacial score (nSPS) is 11.8. The summed E-state index contributed by atoms with van der Waals surface area (Å²) in [7, 11) is 0. The molecule has 26 heavy (non-hydrogen) atoms. The number of hydrogen-bond donors (Lipinski definition) is 2. The highest BCUT2D eigenvalue weighted by atomic mass is 19.1. The van der Waals surface area contributed by atoms with E-state index in [1.807, 2.05) is 24.3 Å². The van der Waals surface area contributed by atoms with Gasteiger partial charge in [-0.15, -0.1) is 0 Å². The number of fused-ring (bicyclic) bond motifs is 1. The summed E-state index contributed by atoms with van der Waals surface area (Å²) >= 11 is 0. The number of carbonyl (C=O) groups excluding carboxylic acids is 2. The molecule has 2 N–H and O–H groups in total. The number of aromatic nitrogens is 1. The van der Waals surface area contributed by atoms with Crippen LogP contribution in [0.1, 0.15) is 18.5 Å². The molecule has 7 heteroatoms. The number of amides is 2. The van der Waals surface area contributed by atoms with E-state index in [4.69, 9.17) is 0 Å². The lowest BCUT2D eigenvalue weighted by atomic mass is 10.1. The number of nitrogens with one attached hydrogen (secondary N) is 2. The van der Waals surface area contributed by atoms with Gasteiger partial charge in [0.1, 0.15) is 11.6 Å². The summed E-state index contributed by atoms with van der Waals surface area (Å²) in [5.41, 5.74) is 1.21. The molecule has 2 amide bonds. The number of halogens is 2. The van der Waals surface area contributed by atoms with Crippen LogP contribution in [0.25, 0.3) is 10.9 Å².